The van der Waals surface area contributed by atoms with Gasteiger partial charge in [-0.05, 0) is 29.3 Å². The molecule has 0 spiro atoms. The van der Waals surface area contributed by atoms with E-state index in [-0.39, 0.29) is 12.0 Å². The fourth-order valence-electron chi connectivity index (χ4n) is 2.63. The van der Waals surface area contributed by atoms with Crippen molar-refractivity contribution in [1.82, 2.24) is 5.32 Å². The van der Waals surface area contributed by atoms with E-state index in [2.05, 4.69) is 5.32 Å². The molecule has 1 amide bonds. The zero-order chi connectivity index (χ0) is 19.6. The molecule has 144 valence electrons. The van der Waals surface area contributed by atoms with Crippen LogP contribution in [0.1, 0.15) is 17.2 Å². The summed E-state index contributed by atoms with van der Waals surface area (Å²) in [6.07, 6.45) is 2.94. The number of ether oxygens (including phenoxy) is 4. The highest BCUT2D eigenvalue weighted by atomic mass is 16.5. The van der Waals surface area contributed by atoms with Gasteiger partial charge in [-0.1, -0.05) is 30.3 Å². The summed E-state index contributed by atoms with van der Waals surface area (Å²) in [5.74, 6) is 1.34. The molecular formula is C21H25NO5. The number of carbonyl (C=O) groups is 1. The van der Waals surface area contributed by atoms with Crippen molar-refractivity contribution < 1.29 is 23.7 Å². The smallest absolute Gasteiger partial charge is 0.244 e. The van der Waals surface area contributed by atoms with Gasteiger partial charge in [-0.15, -0.1) is 0 Å². The lowest BCUT2D eigenvalue weighted by atomic mass is 10.1. The Labute approximate surface area is 159 Å². The number of methoxy groups -OCH3 is 4. The molecule has 0 aliphatic rings. The van der Waals surface area contributed by atoms with Crippen LogP contribution in [-0.2, 0) is 9.53 Å². The van der Waals surface area contributed by atoms with Crippen LogP contribution in [-0.4, -0.2) is 40.9 Å². The van der Waals surface area contributed by atoms with Gasteiger partial charge in [0.25, 0.3) is 0 Å². The van der Waals surface area contributed by atoms with Crippen LogP contribution in [0.4, 0.5) is 0 Å². The number of carbonyl (C=O) groups excluding carboxylic acids is 1. The lowest BCUT2D eigenvalue weighted by molar-refractivity contribution is -0.117. The minimum atomic E-state index is -0.221. The number of amides is 1. The summed E-state index contributed by atoms with van der Waals surface area (Å²) >= 11 is 0. The molecule has 0 saturated carbocycles. The minimum Gasteiger partial charge on any atom is -0.493 e. The summed E-state index contributed by atoms with van der Waals surface area (Å²) in [4.78, 5) is 12.2. The van der Waals surface area contributed by atoms with Gasteiger partial charge in [-0.3, -0.25) is 4.79 Å². The Balaban J connectivity index is 2.04. The zero-order valence-corrected chi connectivity index (χ0v) is 16.0. The maximum Gasteiger partial charge on any atom is 0.244 e. The van der Waals surface area contributed by atoms with E-state index in [1.807, 2.05) is 30.3 Å². The second kappa shape index (κ2) is 10.2. The molecule has 0 aliphatic carbocycles. The number of nitrogens with one attached hydrogen (secondary N) is 1. The van der Waals surface area contributed by atoms with E-state index in [0.29, 0.717) is 23.8 Å². The molecule has 2 aromatic carbocycles. The fraction of sp³-hybridized carbons (Fsp3) is 0.286. The van der Waals surface area contributed by atoms with Gasteiger partial charge in [0, 0.05) is 19.7 Å². The highest BCUT2D eigenvalue weighted by Crippen LogP contribution is 2.38. The molecule has 0 aromatic heterocycles. The summed E-state index contributed by atoms with van der Waals surface area (Å²) < 4.78 is 21.4. The quantitative estimate of drug-likeness (QED) is 0.686. The van der Waals surface area contributed by atoms with Crippen LogP contribution in [0.25, 0.3) is 6.08 Å². The Kier molecular flexibility index (Phi) is 7.70. The lowest BCUT2D eigenvalue weighted by Crippen LogP contribution is -2.27. The standard InChI is InChI=1S/C21H25NO5/c1-24-17-12-15(13-18(25-2)21(17)27-4)10-11-20(23)22-14-19(26-3)16-8-6-5-7-9-16/h5-13,19H,14H2,1-4H3,(H,22,23)/b11-10+/t19-/m1/s1. The highest BCUT2D eigenvalue weighted by Gasteiger charge is 2.13. The van der Waals surface area contributed by atoms with Crippen molar-refractivity contribution >= 4 is 12.0 Å². The molecule has 1 N–H and O–H groups in total. The SMILES string of the molecule is COc1cc(/C=C/C(=O)NC[C@@H](OC)c2ccccc2)cc(OC)c1OC. The maximum atomic E-state index is 12.2. The van der Waals surface area contributed by atoms with E-state index in [1.165, 1.54) is 6.08 Å². The number of hydrogen-bond acceptors (Lipinski definition) is 5. The highest BCUT2D eigenvalue weighted by molar-refractivity contribution is 5.91. The molecule has 0 fully saturated rings. The molecule has 0 heterocycles. The first-order valence-electron chi connectivity index (χ1n) is 8.46. The average molecular weight is 371 g/mol. The van der Waals surface area contributed by atoms with Crippen molar-refractivity contribution in [2.75, 3.05) is 35.0 Å². The second-order valence-electron chi connectivity index (χ2n) is 5.67. The summed E-state index contributed by atoms with van der Waals surface area (Å²) in [7, 11) is 6.26. The first kappa shape index (κ1) is 20.3. The minimum absolute atomic E-state index is 0.204. The third-order valence-corrected chi connectivity index (χ3v) is 4.03. The summed E-state index contributed by atoms with van der Waals surface area (Å²) in [6.45, 7) is 0.374. The van der Waals surface area contributed by atoms with Gasteiger partial charge in [-0.2, -0.15) is 0 Å². The lowest BCUT2D eigenvalue weighted by Gasteiger charge is -2.15. The Hall–Kier alpha value is -2.99. The Bertz CT molecular complexity index is 748. The van der Waals surface area contributed by atoms with Crippen molar-refractivity contribution in [3.63, 3.8) is 0 Å². The number of benzene rings is 2. The fourth-order valence-corrected chi connectivity index (χ4v) is 2.63. The first-order valence-corrected chi connectivity index (χ1v) is 8.46. The van der Waals surface area contributed by atoms with Gasteiger partial charge in [0.05, 0.1) is 27.4 Å². The van der Waals surface area contributed by atoms with Gasteiger partial charge in [-0.25, -0.2) is 0 Å². The molecule has 0 radical (unpaired) electrons. The molecule has 2 rings (SSSR count). The van der Waals surface area contributed by atoms with E-state index in [1.54, 1.807) is 46.6 Å². The van der Waals surface area contributed by atoms with Crippen molar-refractivity contribution in [3.05, 3.63) is 59.7 Å². The summed E-state index contributed by atoms with van der Waals surface area (Å²) in [5.41, 5.74) is 1.76. The topological polar surface area (TPSA) is 66.0 Å². The van der Waals surface area contributed by atoms with Crippen LogP contribution in [0.3, 0.4) is 0 Å². The third kappa shape index (κ3) is 5.49. The molecule has 1 atom stereocenters. The van der Waals surface area contributed by atoms with E-state index in [9.17, 15) is 4.79 Å². The van der Waals surface area contributed by atoms with Crippen LogP contribution in [0.15, 0.2) is 48.5 Å². The maximum absolute atomic E-state index is 12.2. The van der Waals surface area contributed by atoms with Crippen LogP contribution in [0.2, 0.25) is 0 Å². The Morgan fingerprint density at radius 1 is 1.00 bits per heavy atom. The van der Waals surface area contributed by atoms with Crippen molar-refractivity contribution in [2.45, 2.75) is 6.10 Å². The molecular weight excluding hydrogens is 346 g/mol. The molecule has 0 aliphatic heterocycles. The van der Waals surface area contributed by atoms with E-state index in [0.717, 1.165) is 11.1 Å². The summed E-state index contributed by atoms with van der Waals surface area (Å²) in [5, 5.41) is 2.84. The van der Waals surface area contributed by atoms with Gasteiger partial charge < -0.3 is 24.3 Å². The van der Waals surface area contributed by atoms with Gasteiger partial charge >= 0.3 is 0 Å². The summed E-state index contributed by atoms with van der Waals surface area (Å²) in [6, 6.07) is 13.3. The molecule has 6 heteroatoms. The number of hydrogen-bond donors (Lipinski definition) is 1. The van der Waals surface area contributed by atoms with Crippen LogP contribution >= 0.6 is 0 Å². The molecule has 27 heavy (non-hydrogen) atoms. The van der Waals surface area contributed by atoms with Crippen LogP contribution < -0.4 is 19.5 Å². The zero-order valence-electron chi connectivity index (χ0n) is 16.0. The second-order valence-corrected chi connectivity index (χ2v) is 5.67. The van der Waals surface area contributed by atoms with Crippen molar-refractivity contribution in [3.8, 4) is 17.2 Å². The molecule has 0 unspecified atom stereocenters. The van der Waals surface area contributed by atoms with E-state index < -0.39 is 0 Å². The monoisotopic (exact) mass is 371 g/mol. The Morgan fingerprint density at radius 3 is 2.15 bits per heavy atom. The number of rotatable bonds is 9. The molecule has 6 nitrogen and oxygen atoms in total. The van der Waals surface area contributed by atoms with Crippen LogP contribution in [0.5, 0.6) is 17.2 Å². The van der Waals surface area contributed by atoms with Gasteiger partial charge in [0.2, 0.25) is 11.7 Å². The largest absolute Gasteiger partial charge is 0.493 e. The molecule has 0 bridgehead atoms. The third-order valence-electron chi connectivity index (χ3n) is 4.03. The van der Waals surface area contributed by atoms with Crippen molar-refractivity contribution in [1.29, 1.82) is 0 Å². The average Bonchev–Trinajstić information content (AvgIpc) is 2.72. The van der Waals surface area contributed by atoms with Gasteiger partial charge in [0.15, 0.2) is 11.5 Å². The molecule has 0 saturated heterocycles. The van der Waals surface area contributed by atoms with Crippen LogP contribution in [0, 0.1) is 0 Å². The van der Waals surface area contributed by atoms with Crippen molar-refractivity contribution in [2.24, 2.45) is 0 Å². The Morgan fingerprint density at radius 2 is 1.63 bits per heavy atom. The van der Waals surface area contributed by atoms with Gasteiger partial charge in [0.1, 0.15) is 0 Å². The first-order chi connectivity index (χ1) is 13.1. The molecule has 2 aromatic rings. The predicted molar refractivity (Wildman–Crippen MR) is 104 cm³/mol. The van der Waals surface area contributed by atoms with E-state index in [4.69, 9.17) is 18.9 Å². The predicted octanol–water partition coefficient (Wildman–Crippen LogP) is 3.23. The normalized spacial score (nSPS) is 11.9. The van der Waals surface area contributed by atoms with E-state index >= 15 is 0 Å².